The molecule has 1 aromatic carbocycles. The Hall–Kier alpha value is -1.62. The SMILES string of the molecule is C[C@@H](CCC(=O)N1CCC[C@H](COc2ccc(F)cc2)C1)N1CCCC1. The van der Waals surface area contributed by atoms with Gasteiger partial charge in [0.05, 0.1) is 6.61 Å². The zero-order valence-corrected chi connectivity index (χ0v) is 15.8. The van der Waals surface area contributed by atoms with Gasteiger partial charge < -0.3 is 14.5 Å². The summed E-state index contributed by atoms with van der Waals surface area (Å²) >= 11 is 0. The maximum Gasteiger partial charge on any atom is 0.222 e. The van der Waals surface area contributed by atoms with E-state index in [0.29, 0.717) is 30.7 Å². The lowest BCUT2D eigenvalue weighted by Gasteiger charge is -2.33. The van der Waals surface area contributed by atoms with E-state index >= 15 is 0 Å². The van der Waals surface area contributed by atoms with E-state index in [1.807, 2.05) is 4.90 Å². The second kappa shape index (κ2) is 9.36. The van der Waals surface area contributed by atoms with Crippen LogP contribution in [0.1, 0.15) is 45.4 Å². The van der Waals surface area contributed by atoms with Crippen LogP contribution >= 0.6 is 0 Å². The van der Waals surface area contributed by atoms with E-state index in [9.17, 15) is 9.18 Å². The monoisotopic (exact) mass is 362 g/mol. The lowest BCUT2D eigenvalue weighted by molar-refractivity contribution is -0.133. The summed E-state index contributed by atoms with van der Waals surface area (Å²) in [6.07, 6.45) is 6.29. The minimum Gasteiger partial charge on any atom is -0.493 e. The Balaban J connectivity index is 1.40. The van der Waals surface area contributed by atoms with Crippen molar-refractivity contribution in [1.29, 1.82) is 0 Å². The number of carbonyl (C=O) groups excluding carboxylic acids is 1. The van der Waals surface area contributed by atoms with Crippen LogP contribution in [0.4, 0.5) is 4.39 Å². The largest absolute Gasteiger partial charge is 0.493 e. The number of hydrogen-bond donors (Lipinski definition) is 0. The van der Waals surface area contributed by atoms with Gasteiger partial charge in [0.1, 0.15) is 11.6 Å². The van der Waals surface area contributed by atoms with Gasteiger partial charge in [-0.05, 0) is 76.4 Å². The molecule has 2 fully saturated rings. The molecule has 2 heterocycles. The van der Waals surface area contributed by atoms with Crippen LogP contribution in [0, 0.1) is 11.7 Å². The Morgan fingerprint density at radius 3 is 2.65 bits per heavy atom. The van der Waals surface area contributed by atoms with Gasteiger partial charge in [-0.1, -0.05) is 0 Å². The van der Waals surface area contributed by atoms with Crippen LogP contribution < -0.4 is 4.74 Å². The molecule has 0 unspecified atom stereocenters. The summed E-state index contributed by atoms with van der Waals surface area (Å²) in [5.41, 5.74) is 0. The minimum absolute atomic E-state index is 0.255. The van der Waals surface area contributed by atoms with Gasteiger partial charge in [-0.3, -0.25) is 4.79 Å². The number of hydrogen-bond acceptors (Lipinski definition) is 3. The minimum atomic E-state index is -0.255. The molecule has 26 heavy (non-hydrogen) atoms. The molecule has 2 atom stereocenters. The molecule has 0 saturated carbocycles. The van der Waals surface area contributed by atoms with Crippen LogP contribution in [0.25, 0.3) is 0 Å². The zero-order chi connectivity index (χ0) is 18.4. The molecule has 2 saturated heterocycles. The van der Waals surface area contributed by atoms with E-state index in [4.69, 9.17) is 4.74 Å². The second-order valence-electron chi connectivity index (χ2n) is 7.74. The molecule has 144 valence electrons. The van der Waals surface area contributed by atoms with Crippen molar-refractivity contribution in [3.63, 3.8) is 0 Å². The maximum absolute atomic E-state index is 12.9. The molecule has 0 aromatic heterocycles. The number of rotatable bonds is 7. The summed E-state index contributed by atoms with van der Waals surface area (Å²) in [7, 11) is 0. The highest BCUT2D eigenvalue weighted by atomic mass is 19.1. The summed E-state index contributed by atoms with van der Waals surface area (Å²) in [4.78, 5) is 17.1. The van der Waals surface area contributed by atoms with Crippen molar-refractivity contribution < 1.29 is 13.9 Å². The van der Waals surface area contributed by atoms with Crippen LogP contribution in [-0.4, -0.2) is 54.5 Å². The summed E-state index contributed by atoms with van der Waals surface area (Å²) in [6.45, 7) is 6.83. The first-order valence-corrected chi connectivity index (χ1v) is 10.0. The smallest absolute Gasteiger partial charge is 0.222 e. The van der Waals surface area contributed by atoms with E-state index in [0.717, 1.165) is 32.4 Å². The van der Waals surface area contributed by atoms with Gasteiger partial charge in [-0.25, -0.2) is 4.39 Å². The molecule has 0 aliphatic carbocycles. The summed E-state index contributed by atoms with van der Waals surface area (Å²) in [5, 5.41) is 0. The molecule has 0 N–H and O–H groups in total. The third-order valence-electron chi connectivity index (χ3n) is 5.71. The van der Waals surface area contributed by atoms with E-state index in [-0.39, 0.29) is 11.7 Å². The number of likely N-dealkylation sites (tertiary alicyclic amines) is 2. The van der Waals surface area contributed by atoms with Gasteiger partial charge >= 0.3 is 0 Å². The highest BCUT2D eigenvalue weighted by Crippen LogP contribution is 2.21. The fraction of sp³-hybridized carbons (Fsp3) is 0.667. The summed E-state index contributed by atoms with van der Waals surface area (Å²) in [6, 6.07) is 6.63. The maximum atomic E-state index is 12.9. The van der Waals surface area contributed by atoms with Crippen molar-refractivity contribution in [2.24, 2.45) is 5.92 Å². The molecule has 3 rings (SSSR count). The molecule has 4 nitrogen and oxygen atoms in total. The van der Waals surface area contributed by atoms with Crippen molar-refractivity contribution >= 4 is 5.91 Å². The first-order chi connectivity index (χ1) is 12.6. The number of piperidine rings is 1. The summed E-state index contributed by atoms with van der Waals surface area (Å²) in [5.74, 6) is 1.07. The molecule has 1 aromatic rings. The Kier molecular flexibility index (Phi) is 6.89. The molecule has 2 aliphatic rings. The van der Waals surface area contributed by atoms with E-state index in [1.165, 1.54) is 38.1 Å². The predicted molar refractivity (Wildman–Crippen MR) is 101 cm³/mol. The van der Waals surface area contributed by atoms with Crippen LogP contribution in [0.2, 0.25) is 0 Å². The Morgan fingerprint density at radius 2 is 1.92 bits per heavy atom. The predicted octanol–water partition coefficient (Wildman–Crippen LogP) is 3.71. The number of carbonyl (C=O) groups is 1. The van der Waals surface area contributed by atoms with Crippen molar-refractivity contribution in [3.8, 4) is 5.75 Å². The lowest BCUT2D eigenvalue weighted by atomic mass is 9.98. The van der Waals surface area contributed by atoms with Gasteiger partial charge in [-0.15, -0.1) is 0 Å². The highest BCUT2D eigenvalue weighted by Gasteiger charge is 2.25. The van der Waals surface area contributed by atoms with E-state index in [1.54, 1.807) is 12.1 Å². The molecule has 0 radical (unpaired) electrons. The number of nitrogens with zero attached hydrogens (tertiary/aromatic N) is 2. The average Bonchev–Trinajstić information content (AvgIpc) is 3.20. The second-order valence-corrected chi connectivity index (χ2v) is 7.74. The van der Waals surface area contributed by atoms with Gasteiger partial charge in [0, 0.05) is 31.5 Å². The van der Waals surface area contributed by atoms with Crippen LogP contribution in [0.5, 0.6) is 5.75 Å². The topological polar surface area (TPSA) is 32.8 Å². The van der Waals surface area contributed by atoms with Gasteiger partial charge in [0.25, 0.3) is 0 Å². The molecule has 1 amide bonds. The molecule has 0 bridgehead atoms. The van der Waals surface area contributed by atoms with Crippen LogP contribution in [0.3, 0.4) is 0 Å². The fourth-order valence-corrected chi connectivity index (χ4v) is 4.03. The highest BCUT2D eigenvalue weighted by molar-refractivity contribution is 5.76. The molecule has 5 heteroatoms. The zero-order valence-electron chi connectivity index (χ0n) is 15.8. The van der Waals surface area contributed by atoms with Crippen molar-refractivity contribution in [1.82, 2.24) is 9.80 Å². The standard InChI is InChI=1S/C21H31FN2O2/c1-17(23-12-2-3-13-23)6-11-21(25)24-14-4-5-18(15-24)16-26-20-9-7-19(22)8-10-20/h7-10,17-18H,2-6,11-16H2,1H3/t17-,18-/m0/s1. The van der Waals surface area contributed by atoms with Crippen molar-refractivity contribution in [2.75, 3.05) is 32.8 Å². The third-order valence-corrected chi connectivity index (χ3v) is 5.71. The van der Waals surface area contributed by atoms with Gasteiger partial charge in [0.15, 0.2) is 0 Å². The Morgan fingerprint density at radius 1 is 1.19 bits per heavy atom. The number of amides is 1. The van der Waals surface area contributed by atoms with Gasteiger partial charge in [0.2, 0.25) is 5.91 Å². The first kappa shape index (κ1) is 19.2. The number of halogens is 1. The molecular weight excluding hydrogens is 331 g/mol. The molecule has 2 aliphatic heterocycles. The third kappa shape index (κ3) is 5.44. The normalized spacial score (nSPS) is 22.4. The first-order valence-electron chi connectivity index (χ1n) is 10.0. The Labute approximate surface area is 156 Å². The molecule has 0 spiro atoms. The quantitative estimate of drug-likeness (QED) is 0.741. The van der Waals surface area contributed by atoms with E-state index < -0.39 is 0 Å². The number of benzene rings is 1. The van der Waals surface area contributed by atoms with Crippen molar-refractivity contribution in [2.45, 2.75) is 51.5 Å². The van der Waals surface area contributed by atoms with Crippen molar-refractivity contribution in [3.05, 3.63) is 30.1 Å². The average molecular weight is 362 g/mol. The van der Waals surface area contributed by atoms with Crippen LogP contribution in [-0.2, 0) is 4.79 Å². The van der Waals surface area contributed by atoms with Crippen LogP contribution in [0.15, 0.2) is 24.3 Å². The van der Waals surface area contributed by atoms with E-state index in [2.05, 4.69) is 11.8 Å². The number of ether oxygens (including phenoxy) is 1. The van der Waals surface area contributed by atoms with Gasteiger partial charge in [-0.2, -0.15) is 0 Å². The Bertz CT molecular complexity index is 572. The lowest BCUT2D eigenvalue weighted by Crippen LogP contribution is -2.42. The fourth-order valence-electron chi connectivity index (χ4n) is 4.03. The summed E-state index contributed by atoms with van der Waals surface area (Å²) < 4.78 is 18.7. The molecular formula is C21H31FN2O2.